The summed E-state index contributed by atoms with van der Waals surface area (Å²) >= 11 is 1.48. The SMILES string of the molecule is OC(CCOCC(F)(F)F)Cc1nc2ccccc2s1. The summed E-state index contributed by atoms with van der Waals surface area (Å²) in [5.41, 5.74) is 0.869. The molecule has 0 bridgehead atoms. The van der Waals surface area contributed by atoms with E-state index in [1.807, 2.05) is 24.3 Å². The molecule has 0 aliphatic carbocycles. The minimum atomic E-state index is -4.32. The zero-order valence-electron chi connectivity index (χ0n) is 10.6. The zero-order valence-corrected chi connectivity index (χ0v) is 11.4. The van der Waals surface area contributed by atoms with Crippen LogP contribution in [0.25, 0.3) is 10.2 Å². The van der Waals surface area contributed by atoms with Gasteiger partial charge in [-0.05, 0) is 18.6 Å². The van der Waals surface area contributed by atoms with Crippen molar-refractivity contribution in [2.75, 3.05) is 13.2 Å². The lowest BCUT2D eigenvalue weighted by Crippen LogP contribution is -2.20. The van der Waals surface area contributed by atoms with Crippen LogP contribution in [0.15, 0.2) is 24.3 Å². The molecule has 0 amide bonds. The van der Waals surface area contributed by atoms with Gasteiger partial charge in [0, 0.05) is 13.0 Å². The standard InChI is InChI=1S/C13H14F3NO2S/c14-13(15,16)8-19-6-5-9(18)7-12-17-10-3-1-2-4-11(10)20-12/h1-4,9,18H,5-8H2. The van der Waals surface area contributed by atoms with Gasteiger partial charge < -0.3 is 9.84 Å². The molecular weight excluding hydrogens is 291 g/mol. The quantitative estimate of drug-likeness (QED) is 0.834. The Hall–Kier alpha value is -1.18. The minimum Gasteiger partial charge on any atom is -0.393 e. The van der Waals surface area contributed by atoms with Gasteiger partial charge in [0.1, 0.15) is 6.61 Å². The first kappa shape index (κ1) is 15.2. The van der Waals surface area contributed by atoms with E-state index in [4.69, 9.17) is 0 Å². The normalized spacial score (nSPS) is 13.8. The van der Waals surface area contributed by atoms with E-state index in [2.05, 4.69) is 9.72 Å². The molecule has 20 heavy (non-hydrogen) atoms. The number of halogens is 3. The van der Waals surface area contributed by atoms with Crippen LogP contribution < -0.4 is 0 Å². The molecule has 1 heterocycles. The van der Waals surface area contributed by atoms with Crippen LogP contribution >= 0.6 is 11.3 Å². The Morgan fingerprint density at radius 3 is 2.75 bits per heavy atom. The zero-order chi connectivity index (χ0) is 14.6. The Morgan fingerprint density at radius 2 is 2.05 bits per heavy atom. The Labute approximate surface area is 118 Å². The summed E-state index contributed by atoms with van der Waals surface area (Å²) in [7, 11) is 0. The third-order valence-electron chi connectivity index (χ3n) is 2.61. The fraction of sp³-hybridized carbons (Fsp3) is 0.462. The fourth-order valence-corrected chi connectivity index (χ4v) is 2.76. The molecule has 0 spiro atoms. The summed E-state index contributed by atoms with van der Waals surface area (Å²) in [4.78, 5) is 4.36. The second kappa shape index (κ2) is 6.51. The van der Waals surface area contributed by atoms with Crippen LogP contribution in [0.5, 0.6) is 0 Å². The maximum Gasteiger partial charge on any atom is 0.411 e. The van der Waals surface area contributed by atoms with E-state index in [0.717, 1.165) is 15.2 Å². The third-order valence-corrected chi connectivity index (χ3v) is 3.67. The summed E-state index contributed by atoms with van der Waals surface area (Å²) in [5.74, 6) is 0. The van der Waals surface area contributed by atoms with Crippen LogP contribution in [0.1, 0.15) is 11.4 Å². The predicted octanol–water partition coefficient (Wildman–Crippen LogP) is 3.17. The highest BCUT2D eigenvalue weighted by atomic mass is 32.1. The molecule has 7 heteroatoms. The molecule has 110 valence electrons. The molecule has 1 unspecified atom stereocenters. The highest BCUT2D eigenvalue weighted by Crippen LogP contribution is 2.23. The number of aliphatic hydroxyl groups excluding tert-OH is 1. The van der Waals surface area contributed by atoms with E-state index in [9.17, 15) is 18.3 Å². The number of aliphatic hydroxyl groups is 1. The molecule has 1 N–H and O–H groups in total. The molecule has 1 aromatic heterocycles. The fourth-order valence-electron chi connectivity index (χ4n) is 1.72. The van der Waals surface area contributed by atoms with Crippen molar-refractivity contribution in [1.82, 2.24) is 4.98 Å². The van der Waals surface area contributed by atoms with Gasteiger partial charge in [0.25, 0.3) is 0 Å². The second-order valence-electron chi connectivity index (χ2n) is 4.39. The summed E-state index contributed by atoms with van der Waals surface area (Å²) < 4.78 is 41.0. The molecule has 0 saturated carbocycles. The first-order valence-corrected chi connectivity index (χ1v) is 6.93. The number of fused-ring (bicyclic) bond motifs is 1. The van der Waals surface area contributed by atoms with Gasteiger partial charge in [0.05, 0.1) is 21.3 Å². The molecule has 2 aromatic rings. The average molecular weight is 305 g/mol. The summed E-state index contributed by atoms with van der Waals surface area (Å²) in [5, 5.41) is 10.5. The average Bonchev–Trinajstić information content (AvgIpc) is 2.75. The van der Waals surface area contributed by atoms with Gasteiger partial charge >= 0.3 is 6.18 Å². The monoisotopic (exact) mass is 305 g/mol. The van der Waals surface area contributed by atoms with Gasteiger partial charge in [0.15, 0.2) is 0 Å². The Balaban J connectivity index is 1.78. The number of alkyl halides is 3. The van der Waals surface area contributed by atoms with Crippen LogP contribution in [-0.2, 0) is 11.2 Å². The molecule has 2 rings (SSSR count). The van der Waals surface area contributed by atoms with Gasteiger partial charge in [-0.1, -0.05) is 12.1 Å². The molecule has 0 radical (unpaired) electrons. The number of benzene rings is 1. The maximum atomic E-state index is 11.8. The first-order chi connectivity index (χ1) is 9.44. The number of ether oxygens (including phenoxy) is 1. The molecule has 0 aliphatic heterocycles. The second-order valence-corrected chi connectivity index (χ2v) is 5.50. The third kappa shape index (κ3) is 4.73. The molecule has 0 aliphatic rings. The number of thiazole rings is 1. The van der Waals surface area contributed by atoms with Gasteiger partial charge in [-0.2, -0.15) is 13.2 Å². The number of aromatic nitrogens is 1. The van der Waals surface area contributed by atoms with Crippen LogP contribution in [0.2, 0.25) is 0 Å². The van der Waals surface area contributed by atoms with Gasteiger partial charge in [-0.25, -0.2) is 4.98 Å². The highest BCUT2D eigenvalue weighted by molar-refractivity contribution is 7.18. The van der Waals surface area contributed by atoms with E-state index in [-0.39, 0.29) is 13.0 Å². The lowest BCUT2D eigenvalue weighted by Gasteiger charge is -2.10. The number of hydrogen-bond acceptors (Lipinski definition) is 4. The van der Waals surface area contributed by atoms with E-state index >= 15 is 0 Å². The maximum absolute atomic E-state index is 11.8. The summed E-state index contributed by atoms with van der Waals surface area (Å²) in [6.07, 6.45) is -4.58. The van der Waals surface area contributed by atoms with Crippen molar-refractivity contribution in [3.8, 4) is 0 Å². The number of rotatable bonds is 6. The lowest BCUT2D eigenvalue weighted by molar-refractivity contribution is -0.175. The van der Waals surface area contributed by atoms with Crippen molar-refractivity contribution in [2.45, 2.75) is 25.1 Å². The van der Waals surface area contributed by atoms with E-state index in [0.29, 0.717) is 6.42 Å². The van der Waals surface area contributed by atoms with Crippen molar-refractivity contribution in [3.63, 3.8) is 0 Å². The van der Waals surface area contributed by atoms with Crippen molar-refractivity contribution in [3.05, 3.63) is 29.3 Å². The Kier molecular flexibility index (Phi) is 4.95. The van der Waals surface area contributed by atoms with E-state index in [1.165, 1.54) is 11.3 Å². The molecule has 1 aromatic carbocycles. The van der Waals surface area contributed by atoms with Gasteiger partial charge in [-0.15, -0.1) is 11.3 Å². The smallest absolute Gasteiger partial charge is 0.393 e. The number of hydrogen-bond donors (Lipinski definition) is 1. The van der Waals surface area contributed by atoms with Crippen LogP contribution in [0.3, 0.4) is 0 Å². The largest absolute Gasteiger partial charge is 0.411 e. The van der Waals surface area contributed by atoms with Crippen molar-refractivity contribution in [2.24, 2.45) is 0 Å². The van der Waals surface area contributed by atoms with Gasteiger partial charge in [-0.3, -0.25) is 0 Å². The molecular formula is C13H14F3NO2S. The van der Waals surface area contributed by atoms with Gasteiger partial charge in [0.2, 0.25) is 0 Å². The molecule has 1 atom stereocenters. The Bertz CT molecular complexity index is 523. The lowest BCUT2D eigenvalue weighted by atomic mass is 10.2. The molecule has 0 saturated heterocycles. The minimum absolute atomic E-state index is 0.119. The predicted molar refractivity (Wildman–Crippen MR) is 70.8 cm³/mol. The molecule has 0 fully saturated rings. The van der Waals surface area contributed by atoms with E-state index in [1.54, 1.807) is 0 Å². The van der Waals surface area contributed by atoms with Crippen LogP contribution in [0, 0.1) is 0 Å². The number of nitrogens with zero attached hydrogens (tertiary/aromatic N) is 1. The van der Waals surface area contributed by atoms with E-state index < -0.39 is 18.9 Å². The summed E-state index contributed by atoms with van der Waals surface area (Å²) in [6.45, 7) is -1.40. The summed E-state index contributed by atoms with van der Waals surface area (Å²) in [6, 6.07) is 7.61. The van der Waals surface area contributed by atoms with Crippen molar-refractivity contribution < 1.29 is 23.0 Å². The Morgan fingerprint density at radius 1 is 1.30 bits per heavy atom. The topological polar surface area (TPSA) is 42.4 Å². The highest BCUT2D eigenvalue weighted by Gasteiger charge is 2.27. The van der Waals surface area contributed by atoms with Crippen molar-refractivity contribution >= 4 is 21.6 Å². The number of para-hydroxylation sites is 1. The van der Waals surface area contributed by atoms with Crippen LogP contribution in [-0.4, -0.2) is 35.6 Å². The molecule has 3 nitrogen and oxygen atoms in total. The first-order valence-electron chi connectivity index (χ1n) is 6.11. The van der Waals surface area contributed by atoms with Crippen molar-refractivity contribution in [1.29, 1.82) is 0 Å². The van der Waals surface area contributed by atoms with Crippen LogP contribution in [0.4, 0.5) is 13.2 Å².